The molecule has 0 bridgehead atoms. The Morgan fingerprint density at radius 3 is 2.70 bits per heavy atom. The van der Waals surface area contributed by atoms with Gasteiger partial charge < -0.3 is 30.4 Å². The Bertz CT molecular complexity index is 381. The van der Waals surface area contributed by atoms with Gasteiger partial charge in [-0.2, -0.15) is 0 Å². The Labute approximate surface area is 117 Å². The number of hydrogen-bond acceptors (Lipinski definition) is 6. The molecule has 4 N–H and O–H groups in total. The molecule has 0 radical (unpaired) electrons. The van der Waals surface area contributed by atoms with Crippen LogP contribution in [0.2, 0.25) is 0 Å². The van der Waals surface area contributed by atoms with Crippen molar-refractivity contribution in [2.75, 3.05) is 39.5 Å². The van der Waals surface area contributed by atoms with Crippen molar-refractivity contribution in [3.8, 4) is 0 Å². The Hall–Kier alpha value is -1.38. The third-order valence-electron chi connectivity index (χ3n) is 3.98. The number of rotatable bonds is 3. The van der Waals surface area contributed by atoms with E-state index in [4.69, 9.17) is 25.5 Å². The highest BCUT2D eigenvalue weighted by atomic mass is 16.5. The summed E-state index contributed by atoms with van der Waals surface area (Å²) in [6, 6.07) is 0. The summed E-state index contributed by atoms with van der Waals surface area (Å²) in [6.45, 7) is 1.79. The number of aliphatic hydroxyl groups is 1. The number of carbonyl (C=O) groups excluding carboxylic acids is 1. The molecule has 0 aliphatic carbocycles. The number of nitrogens with two attached hydrogens (primary N) is 1. The van der Waals surface area contributed by atoms with E-state index in [1.807, 2.05) is 0 Å². The van der Waals surface area contributed by atoms with Gasteiger partial charge >= 0.3 is 0 Å². The third kappa shape index (κ3) is 2.72. The molecule has 8 nitrogen and oxygen atoms in total. The van der Waals surface area contributed by atoms with E-state index in [2.05, 4.69) is 5.16 Å². The molecule has 0 spiro atoms. The first-order chi connectivity index (χ1) is 9.64. The van der Waals surface area contributed by atoms with Crippen molar-refractivity contribution in [3.63, 3.8) is 0 Å². The maximum atomic E-state index is 12.8. The zero-order valence-electron chi connectivity index (χ0n) is 11.3. The first kappa shape index (κ1) is 15.0. The van der Waals surface area contributed by atoms with E-state index in [1.165, 1.54) is 0 Å². The zero-order valence-corrected chi connectivity index (χ0v) is 11.3. The normalized spacial score (nSPS) is 27.4. The zero-order chi connectivity index (χ0) is 14.6. The molecule has 1 atom stereocenters. The van der Waals surface area contributed by atoms with Crippen molar-refractivity contribution in [1.29, 1.82) is 0 Å². The Morgan fingerprint density at radius 1 is 1.40 bits per heavy atom. The van der Waals surface area contributed by atoms with Crippen LogP contribution < -0.4 is 5.73 Å². The van der Waals surface area contributed by atoms with Gasteiger partial charge in [-0.1, -0.05) is 5.16 Å². The van der Waals surface area contributed by atoms with Crippen molar-refractivity contribution in [1.82, 2.24) is 4.90 Å². The number of oxime groups is 1. The first-order valence-electron chi connectivity index (χ1n) is 6.71. The fraction of sp³-hybridized carbons (Fsp3) is 0.833. The van der Waals surface area contributed by atoms with E-state index in [0.717, 1.165) is 0 Å². The largest absolute Gasteiger partial charge is 0.409 e. The summed E-state index contributed by atoms with van der Waals surface area (Å²) in [5, 5.41) is 21.2. The standard InChI is InChI=1S/C12H21N3O5/c13-10(14-18)12(1-4-19-5-2-12)11(17)15-3-6-20-9(7-15)8-16/h9,16,18H,1-8H2,(H2,13,14). The van der Waals surface area contributed by atoms with Crippen molar-refractivity contribution in [2.24, 2.45) is 16.3 Å². The summed E-state index contributed by atoms with van der Waals surface area (Å²) in [7, 11) is 0. The SMILES string of the molecule is NC(=NO)C1(C(=O)N2CCOC(CO)C2)CCOCC1. The molecular weight excluding hydrogens is 266 g/mol. The second-order valence-corrected chi connectivity index (χ2v) is 5.11. The fourth-order valence-electron chi connectivity index (χ4n) is 2.71. The number of aliphatic hydroxyl groups excluding tert-OH is 1. The monoisotopic (exact) mass is 287 g/mol. The molecule has 2 heterocycles. The van der Waals surface area contributed by atoms with Crippen LogP contribution in [-0.2, 0) is 14.3 Å². The fourth-order valence-corrected chi connectivity index (χ4v) is 2.71. The van der Waals surface area contributed by atoms with Crippen molar-refractivity contribution in [2.45, 2.75) is 18.9 Å². The van der Waals surface area contributed by atoms with Crippen molar-refractivity contribution < 1.29 is 24.6 Å². The molecule has 114 valence electrons. The van der Waals surface area contributed by atoms with Gasteiger partial charge in [0.05, 0.1) is 19.3 Å². The Balaban J connectivity index is 2.18. The van der Waals surface area contributed by atoms with Crippen LogP contribution in [0.1, 0.15) is 12.8 Å². The van der Waals surface area contributed by atoms with Crippen LogP contribution in [-0.4, -0.2) is 72.6 Å². The van der Waals surface area contributed by atoms with Crippen molar-refractivity contribution in [3.05, 3.63) is 0 Å². The lowest BCUT2D eigenvalue weighted by molar-refractivity contribution is -0.151. The number of amidine groups is 1. The quantitative estimate of drug-likeness (QED) is 0.258. The van der Waals surface area contributed by atoms with Crippen molar-refractivity contribution >= 4 is 11.7 Å². The molecule has 0 aromatic heterocycles. The topological polar surface area (TPSA) is 118 Å². The molecule has 2 fully saturated rings. The van der Waals surface area contributed by atoms with Crippen LogP contribution in [0.5, 0.6) is 0 Å². The van der Waals surface area contributed by atoms with E-state index in [9.17, 15) is 4.79 Å². The summed E-state index contributed by atoms with van der Waals surface area (Å²) in [6.07, 6.45) is 0.406. The number of amides is 1. The molecular formula is C12H21N3O5. The van der Waals surface area contributed by atoms with Crippen LogP contribution >= 0.6 is 0 Å². The molecule has 0 aromatic carbocycles. The average Bonchev–Trinajstić information content (AvgIpc) is 2.54. The summed E-state index contributed by atoms with van der Waals surface area (Å²) in [5.41, 5.74) is 4.76. The van der Waals surface area contributed by atoms with Crippen LogP contribution in [0.15, 0.2) is 5.16 Å². The van der Waals surface area contributed by atoms with Crippen LogP contribution in [0.25, 0.3) is 0 Å². The van der Waals surface area contributed by atoms with E-state index in [0.29, 0.717) is 45.8 Å². The minimum absolute atomic E-state index is 0.0714. The van der Waals surface area contributed by atoms with Crippen LogP contribution in [0.4, 0.5) is 0 Å². The van der Waals surface area contributed by atoms with Gasteiger partial charge in [-0.05, 0) is 12.8 Å². The smallest absolute Gasteiger partial charge is 0.236 e. The van der Waals surface area contributed by atoms with Gasteiger partial charge in [0, 0.05) is 26.3 Å². The first-order valence-corrected chi connectivity index (χ1v) is 6.71. The number of ether oxygens (including phenoxy) is 2. The molecule has 20 heavy (non-hydrogen) atoms. The summed E-state index contributed by atoms with van der Waals surface area (Å²) < 4.78 is 10.6. The molecule has 8 heteroatoms. The number of nitrogens with zero attached hydrogens (tertiary/aromatic N) is 2. The van der Waals surface area contributed by atoms with Crippen LogP contribution in [0.3, 0.4) is 0 Å². The van der Waals surface area contributed by atoms with Gasteiger partial charge in [0.25, 0.3) is 0 Å². The molecule has 0 aromatic rings. The molecule has 2 saturated heterocycles. The molecule has 2 aliphatic heterocycles. The lowest BCUT2D eigenvalue weighted by Gasteiger charge is -2.41. The average molecular weight is 287 g/mol. The molecule has 0 saturated carbocycles. The second kappa shape index (κ2) is 6.38. The van der Waals surface area contributed by atoms with Gasteiger partial charge in [-0.25, -0.2) is 0 Å². The molecule has 2 rings (SSSR count). The van der Waals surface area contributed by atoms with Crippen LogP contribution in [0, 0.1) is 5.41 Å². The Kier molecular flexibility index (Phi) is 4.79. The summed E-state index contributed by atoms with van der Waals surface area (Å²) >= 11 is 0. The van der Waals surface area contributed by atoms with E-state index < -0.39 is 5.41 Å². The molecule has 2 aliphatic rings. The van der Waals surface area contributed by atoms with Gasteiger partial charge in [0.2, 0.25) is 5.91 Å². The minimum Gasteiger partial charge on any atom is -0.409 e. The Morgan fingerprint density at radius 2 is 2.10 bits per heavy atom. The second-order valence-electron chi connectivity index (χ2n) is 5.11. The predicted molar refractivity (Wildman–Crippen MR) is 69.3 cm³/mol. The minimum atomic E-state index is -1.01. The maximum Gasteiger partial charge on any atom is 0.236 e. The lowest BCUT2D eigenvalue weighted by atomic mass is 9.77. The highest BCUT2D eigenvalue weighted by Crippen LogP contribution is 2.33. The summed E-state index contributed by atoms with van der Waals surface area (Å²) in [5.74, 6) is -0.254. The highest BCUT2D eigenvalue weighted by molar-refractivity contribution is 6.06. The van der Waals surface area contributed by atoms with Gasteiger partial charge in [0.1, 0.15) is 5.41 Å². The van der Waals surface area contributed by atoms with Gasteiger partial charge in [-0.3, -0.25) is 4.79 Å². The maximum absolute atomic E-state index is 12.8. The lowest BCUT2D eigenvalue weighted by Crippen LogP contribution is -2.57. The van der Waals surface area contributed by atoms with E-state index in [-0.39, 0.29) is 24.5 Å². The summed E-state index contributed by atoms with van der Waals surface area (Å²) in [4.78, 5) is 14.4. The highest BCUT2D eigenvalue weighted by Gasteiger charge is 2.47. The number of hydrogen-bond donors (Lipinski definition) is 3. The third-order valence-corrected chi connectivity index (χ3v) is 3.98. The number of morpholine rings is 1. The van der Waals surface area contributed by atoms with Gasteiger partial charge in [-0.15, -0.1) is 0 Å². The number of carbonyl (C=O) groups is 1. The van der Waals surface area contributed by atoms with E-state index >= 15 is 0 Å². The predicted octanol–water partition coefficient (Wildman–Crippen LogP) is -1.25. The van der Waals surface area contributed by atoms with E-state index in [1.54, 1.807) is 4.90 Å². The van der Waals surface area contributed by atoms with Gasteiger partial charge in [0.15, 0.2) is 5.84 Å². The molecule has 1 amide bonds. The molecule has 1 unspecified atom stereocenters.